The molecule has 136 valence electrons. The monoisotopic (exact) mass is 453 g/mol. The number of allylic oxidation sites excluding steroid dienone is 1. The van der Waals surface area contributed by atoms with Crippen LogP contribution in [0.2, 0.25) is 0 Å². The molecule has 0 atom stereocenters. The number of carbonyl (C=O) groups excluding carboxylic acids is 1. The van der Waals surface area contributed by atoms with Crippen molar-refractivity contribution in [1.82, 2.24) is 19.7 Å². The van der Waals surface area contributed by atoms with E-state index in [0.717, 1.165) is 14.7 Å². The highest BCUT2D eigenvalue weighted by atomic mass is 79.9. The number of aromatic nitrogens is 4. The van der Waals surface area contributed by atoms with E-state index < -0.39 is 0 Å². The van der Waals surface area contributed by atoms with Crippen LogP contribution in [0.3, 0.4) is 0 Å². The van der Waals surface area contributed by atoms with Gasteiger partial charge in [0.25, 0.3) is 0 Å². The van der Waals surface area contributed by atoms with Gasteiger partial charge in [0, 0.05) is 18.1 Å². The molecule has 3 rings (SSSR count). The highest BCUT2D eigenvalue weighted by Gasteiger charge is 2.14. The highest BCUT2D eigenvalue weighted by molar-refractivity contribution is 9.10. The summed E-state index contributed by atoms with van der Waals surface area (Å²) in [6.45, 7) is 4.65. The van der Waals surface area contributed by atoms with Gasteiger partial charge in [-0.05, 0) is 18.2 Å². The lowest BCUT2D eigenvalue weighted by Gasteiger charge is -2.06. The van der Waals surface area contributed by atoms with Gasteiger partial charge in [0.2, 0.25) is 5.91 Å². The fraction of sp³-hybridized carbons (Fsp3) is 0.250. The largest absolute Gasteiger partial charge is 0.377 e. The standard InChI is InChI=1S/C16H16BrN5O2S2/c1-3-6-22-13(8-24-2)20-21-16(22)25-9-14(23)19-15-18-11-5-4-10(17)7-12(11)26-15/h3-5,7H,1,6,8-9H2,2H3,(H,18,19,23). The lowest BCUT2D eigenvalue weighted by atomic mass is 10.3. The van der Waals surface area contributed by atoms with E-state index in [2.05, 4.69) is 43.0 Å². The number of nitrogens with zero attached hydrogens (tertiary/aromatic N) is 4. The smallest absolute Gasteiger partial charge is 0.236 e. The Morgan fingerprint density at radius 2 is 2.35 bits per heavy atom. The molecule has 1 aromatic carbocycles. The molecule has 0 bridgehead atoms. The molecular formula is C16H16BrN5O2S2. The van der Waals surface area contributed by atoms with Crippen molar-refractivity contribution in [2.24, 2.45) is 0 Å². The molecule has 0 radical (unpaired) electrons. The molecule has 0 fully saturated rings. The van der Waals surface area contributed by atoms with Gasteiger partial charge in [-0.1, -0.05) is 45.1 Å². The fourth-order valence-corrected chi connectivity index (χ4v) is 4.41. The second-order valence-electron chi connectivity index (χ2n) is 5.20. The van der Waals surface area contributed by atoms with Gasteiger partial charge in [0.15, 0.2) is 16.1 Å². The molecule has 1 N–H and O–H groups in total. The number of anilines is 1. The lowest BCUT2D eigenvalue weighted by Crippen LogP contribution is -2.14. The average molecular weight is 454 g/mol. The Kier molecular flexibility index (Phi) is 6.41. The molecule has 0 aliphatic carbocycles. The zero-order valence-electron chi connectivity index (χ0n) is 13.9. The van der Waals surface area contributed by atoms with Crippen LogP contribution in [-0.4, -0.2) is 38.5 Å². The number of hydrogen-bond donors (Lipinski definition) is 1. The first-order valence-electron chi connectivity index (χ1n) is 7.61. The topological polar surface area (TPSA) is 81.9 Å². The lowest BCUT2D eigenvalue weighted by molar-refractivity contribution is -0.113. The number of methoxy groups -OCH3 is 1. The molecule has 0 saturated heterocycles. The SMILES string of the molecule is C=CCn1c(COC)nnc1SCC(=O)Nc1nc2ccc(Br)cc2s1. The van der Waals surface area contributed by atoms with Crippen LogP contribution in [0.5, 0.6) is 0 Å². The first-order valence-corrected chi connectivity index (χ1v) is 10.2. The van der Waals surface area contributed by atoms with Crippen molar-refractivity contribution in [1.29, 1.82) is 0 Å². The maximum atomic E-state index is 12.3. The Hall–Kier alpha value is -1.75. The molecule has 2 aromatic heterocycles. The molecule has 2 heterocycles. The number of benzene rings is 1. The maximum absolute atomic E-state index is 12.3. The number of fused-ring (bicyclic) bond motifs is 1. The number of hydrogen-bond acceptors (Lipinski definition) is 7. The van der Waals surface area contributed by atoms with E-state index in [9.17, 15) is 4.79 Å². The molecule has 0 aliphatic rings. The van der Waals surface area contributed by atoms with Crippen molar-refractivity contribution < 1.29 is 9.53 Å². The van der Waals surface area contributed by atoms with Crippen LogP contribution in [0.1, 0.15) is 5.82 Å². The maximum Gasteiger partial charge on any atom is 0.236 e. The number of halogens is 1. The summed E-state index contributed by atoms with van der Waals surface area (Å²) in [4.78, 5) is 16.7. The summed E-state index contributed by atoms with van der Waals surface area (Å²) in [5, 5.41) is 12.3. The summed E-state index contributed by atoms with van der Waals surface area (Å²) in [7, 11) is 1.60. The van der Waals surface area contributed by atoms with E-state index in [0.29, 0.717) is 29.3 Å². The Balaban J connectivity index is 1.64. The predicted molar refractivity (Wildman–Crippen MR) is 108 cm³/mol. The summed E-state index contributed by atoms with van der Waals surface area (Å²) in [6, 6.07) is 5.81. The predicted octanol–water partition coefficient (Wildman–Crippen LogP) is 3.71. The Morgan fingerprint density at radius 3 is 3.12 bits per heavy atom. The quantitative estimate of drug-likeness (QED) is 0.413. The van der Waals surface area contributed by atoms with Gasteiger partial charge in [-0.25, -0.2) is 4.98 Å². The zero-order chi connectivity index (χ0) is 18.5. The second-order valence-corrected chi connectivity index (χ2v) is 8.09. The molecule has 0 saturated carbocycles. The van der Waals surface area contributed by atoms with E-state index in [-0.39, 0.29) is 11.7 Å². The molecule has 26 heavy (non-hydrogen) atoms. The first-order chi connectivity index (χ1) is 12.6. The molecular weight excluding hydrogens is 438 g/mol. The third-order valence-corrected chi connectivity index (χ3v) is 5.70. The highest BCUT2D eigenvalue weighted by Crippen LogP contribution is 2.28. The number of thiazole rings is 1. The minimum absolute atomic E-state index is 0.144. The van der Waals surface area contributed by atoms with E-state index in [1.807, 2.05) is 22.8 Å². The second kappa shape index (κ2) is 8.76. The van der Waals surface area contributed by atoms with Gasteiger partial charge in [-0.2, -0.15) is 0 Å². The van der Waals surface area contributed by atoms with Crippen molar-refractivity contribution in [2.75, 3.05) is 18.2 Å². The van der Waals surface area contributed by atoms with Crippen LogP contribution < -0.4 is 5.32 Å². The minimum atomic E-state index is -0.144. The van der Waals surface area contributed by atoms with Gasteiger partial charge in [0.05, 0.1) is 16.0 Å². The number of carbonyl (C=O) groups is 1. The van der Waals surface area contributed by atoms with E-state index in [4.69, 9.17) is 4.74 Å². The van der Waals surface area contributed by atoms with Crippen LogP contribution in [0.4, 0.5) is 5.13 Å². The summed E-state index contributed by atoms with van der Waals surface area (Å²) in [6.07, 6.45) is 1.76. The number of amides is 1. The molecule has 0 unspecified atom stereocenters. The summed E-state index contributed by atoms with van der Waals surface area (Å²) in [5.74, 6) is 0.767. The fourth-order valence-electron chi connectivity index (χ4n) is 2.21. The zero-order valence-corrected chi connectivity index (χ0v) is 17.2. The first kappa shape index (κ1) is 19.0. The number of nitrogens with one attached hydrogen (secondary N) is 1. The molecule has 0 aliphatic heterocycles. The van der Waals surface area contributed by atoms with Crippen LogP contribution in [0.25, 0.3) is 10.2 Å². The van der Waals surface area contributed by atoms with Crippen LogP contribution in [-0.2, 0) is 22.7 Å². The van der Waals surface area contributed by atoms with Gasteiger partial charge < -0.3 is 14.6 Å². The Bertz CT molecular complexity index is 940. The van der Waals surface area contributed by atoms with E-state index in [1.54, 1.807) is 13.2 Å². The van der Waals surface area contributed by atoms with Crippen molar-refractivity contribution >= 4 is 60.3 Å². The van der Waals surface area contributed by atoms with Gasteiger partial charge >= 0.3 is 0 Å². The number of thioether (sulfide) groups is 1. The van der Waals surface area contributed by atoms with Gasteiger partial charge in [-0.15, -0.1) is 16.8 Å². The number of rotatable bonds is 8. The third-order valence-electron chi connectivity index (χ3n) is 3.31. The van der Waals surface area contributed by atoms with E-state index in [1.165, 1.54) is 23.1 Å². The van der Waals surface area contributed by atoms with Crippen molar-refractivity contribution in [3.63, 3.8) is 0 Å². The normalized spacial score (nSPS) is 11.0. The van der Waals surface area contributed by atoms with Crippen molar-refractivity contribution in [2.45, 2.75) is 18.3 Å². The third kappa shape index (κ3) is 4.50. The summed E-state index contributed by atoms with van der Waals surface area (Å²) < 4.78 is 8.99. The van der Waals surface area contributed by atoms with Gasteiger partial charge in [-0.3, -0.25) is 4.79 Å². The molecule has 3 aromatic rings. The minimum Gasteiger partial charge on any atom is -0.377 e. The average Bonchev–Trinajstić information content (AvgIpc) is 3.17. The molecule has 1 amide bonds. The summed E-state index contributed by atoms with van der Waals surface area (Å²) in [5.41, 5.74) is 0.857. The van der Waals surface area contributed by atoms with E-state index >= 15 is 0 Å². The number of ether oxygens (including phenoxy) is 1. The molecule has 10 heteroatoms. The molecule has 0 spiro atoms. The Labute approximate surface area is 167 Å². The van der Waals surface area contributed by atoms with Crippen molar-refractivity contribution in [3.05, 3.63) is 41.2 Å². The van der Waals surface area contributed by atoms with Crippen LogP contribution in [0, 0.1) is 0 Å². The summed E-state index contributed by atoms with van der Waals surface area (Å²) >= 11 is 6.18. The Morgan fingerprint density at radius 1 is 1.50 bits per heavy atom. The molecule has 7 nitrogen and oxygen atoms in total. The van der Waals surface area contributed by atoms with Crippen LogP contribution >= 0.6 is 39.0 Å². The van der Waals surface area contributed by atoms with Gasteiger partial charge in [0.1, 0.15) is 6.61 Å². The van der Waals surface area contributed by atoms with Crippen molar-refractivity contribution in [3.8, 4) is 0 Å². The van der Waals surface area contributed by atoms with Crippen LogP contribution in [0.15, 0.2) is 40.5 Å².